The number of hydrogen-bond acceptors (Lipinski definition) is 7. The highest BCUT2D eigenvalue weighted by Gasteiger charge is 2.40. The van der Waals surface area contributed by atoms with Crippen LogP contribution in [0.15, 0.2) is 47.4 Å². The maximum Gasteiger partial charge on any atom is 0.338 e. The molecule has 0 aromatic heterocycles. The SMILES string of the molecule is O=C(OCCN1C(=O)c2ccccc2S1(=O)=O)c1ccc2c(c1)OCO2. The fourth-order valence-electron chi connectivity index (χ4n) is 2.78. The van der Waals surface area contributed by atoms with E-state index in [1.165, 1.54) is 24.3 Å². The van der Waals surface area contributed by atoms with Gasteiger partial charge in [-0.2, -0.15) is 0 Å². The summed E-state index contributed by atoms with van der Waals surface area (Å²) in [5.74, 6) is -0.301. The van der Waals surface area contributed by atoms with E-state index >= 15 is 0 Å². The second kappa shape index (κ2) is 6.03. The smallest absolute Gasteiger partial charge is 0.338 e. The lowest BCUT2D eigenvalue weighted by Crippen LogP contribution is -2.33. The largest absolute Gasteiger partial charge is 0.460 e. The van der Waals surface area contributed by atoms with Crippen LogP contribution in [0.1, 0.15) is 20.7 Å². The summed E-state index contributed by atoms with van der Waals surface area (Å²) in [5, 5.41) is 0. The molecule has 0 bridgehead atoms. The van der Waals surface area contributed by atoms with Gasteiger partial charge in [-0.15, -0.1) is 0 Å². The lowest BCUT2D eigenvalue weighted by Gasteiger charge is -2.15. The van der Waals surface area contributed by atoms with Crippen molar-refractivity contribution in [3.63, 3.8) is 0 Å². The molecule has 0 saturated heterocycles. The molecule has 4 rings (SSSR count). The summed E-state index contributed by atoms with van der Waals surface area (Å²) in [4.78, 5) is 24.3. The fourth-order valence-corrected chi connectivity index (χ4v) is 4.33. The quantitative estimate of drug-likeness (QED) is 0.745. The van der Waals surface area contributed by atoms with E-state index in [1.807, 2.05) is 0 Å². The number of nitrogens with zero attached hydrogens (tertiary/aromatic N) is 1. The van der Waals surface area contributed by atoms with Gasteiger partial charge in [-0.05, 0) is 30.3 Å². The maximum atomic E-state index is 12.4. The summed E-state index contributed by atoms with van der Waals surface area (Å²) in [7, 11) is -3.91. The molecule has 1 amide bonds. The number of ether oxygens (including phenoxy) is 3. The first-order valence-corrected chi connectivity index (χ1v) is 9.15. The number of amides is 1. The summed E-state index contributed by atoms with van der Waals surface area (Å²) >= 11 is 0. The van der Waals surface area contributed by atoms with Gasteiger partial charge in [0.1, 0.15) is 11.5 Å². The third-order valence-electron chi connectivity index (χ3n) is 4.05. The van der Waals surface area contributed by atoms with E-state index in [-0.39, 0.29) is 36.0 Å². The average Bonchev–Trinajstić information content (AvgIpc) is 3.18. The molecule has 9 heteroatoms. The zero-order chi connectivity index (χ0) is 18.3. The summed E-state index contributed by atoms with van der Waals surface area (Å²) < 4.78 is 41.0. The van der Waals surface area contributed by atoms with Crippen LogP contribution in [0.3, 0.4) is 0 Å². The lowest BCUT2D eigenvalue weighted by molar-refractivity contribution is 0.0477. The Morgan fingerprint density at radius 1 is 1.12 bits per heavy atom. The monoisotopic (exact) mass is 375 g/mol. The van der Waals surface area contributed by atoms with E-state index in [9.17, 15) is 18.0 Å². The molecular formula is C17H13NO7S. The minimum atomic E-state index is -3.91. The first-order chi connectivity index (χ1) is 12.5. The molecule has 2 aromatic carbocycles. The van der Waals surface area contributed by atoms with Crippen LogP contribution < -0.4 is 9.47 Å². The number of hydrogen-bond donors (Lipinski definition) is 0. The summed E-state index contributed by atoms with van der Waals surface area (Å²) in [5.41, 5.74) is 0.364. The molecule has 2 aliphatic heterocycles. The molecule has 26 heavy (non-hydrogen) atoms. The number of sulfonamides is 1. The zero-order valence-electron chi connectivity index (χ0n) is 13.4. The summed E-state index contributed by atoms with van der Waals surface area (Å²) in [6, 6.07) is 10.6. The topological polar surface area (TPSA) is 99.2 Å². The van der Waals surface area contributed by atoms with Gasteiger partial charge in [-0.3, -0.25) is 4.79 Å². The fraction of sp³-hybridized carbons (Fsp3) is 0.176. The lowest BCUT2D eigenvalue weighted by atomic mass is 10.2. The number of carbonyl (C=O) groups excluding carboxylic acids is 2. The molecule has 134 valence electrons. The van der Waals surface area contributed by atoms with Crippen molar-refractivity contribution in [2.24, 2.45) is 0 Å². The highest BCUT2D eigenvalue weighted by molar-refractivity contribution is 7.90. The number of esters is 1. The third kappa shape index (κ3) is 2.57. The van der Waals surface area contributed by atoms with Gasteiger partial charge in [0.05, 0.1) is 17.7 Å². The van der Waals surface area contributed by atoms with Crippen molar-refractivity contribution in [2.45, 2.75) is 4.90 Å². The van der Waals surface area contributed by atoms with Gasteiger partial charge in [0.2, 0.25) is 6.79 Å². The Hall–Kier alpha value is -3.07. The molecule has 0 aliphatic carbocycles. The second-order valence-corrected chi connectivity index (χ2v) is 7.41. The zero-order valence-corrected chi connectivity index (χ0v) is 14.2. The molecule has 0 atom stereocenters. The Labute approximate surface area is 148 Å². The van der Waals surface area contributed by atoms with E-state index in [0.717, 1.165) is 0 Å². The van der Waals surface area contributed by atoms with Gasteiger partial charge in [-0.25, -0.2) is 17.5 Å². The van der Waals surface area contributed by atoms with Gasteiger partial charge in [0.25, 0.3) is 15.9 Å². The van der Waals surface area contributed by atoms with Gasteiger partial charge < -0.3 is 14.2 Å². The number of fused-ring (bicyclic) bond motifs is 2. The second-order valence-electron chi connectivity index (χ2n) is 5.58. The average molecular weight is 375 g/mol. The molecule has 0 saturated carbocycles. The van der Waals surface area contributed by atoms with Gasteiger partial charge in [-0.1, -0.05) is 12.1 Å². The van der Waals surface area contributed by atoms with Gasteiger partial charge >= 0.3 is 5.97 Å². The Bertz CT molecular complexity index is 1020. The normalized spacial score (nSPS) is 16.5. The highest BCUT2D eigenvalue weighted by atomic mass is 32.2. The minimum Gasteiger partial charge on any atom is -0.460 e. The Kier molecular flexibility index (Phi) is 3.80. The molecule has 2 aliphatic rings. The van der Waals surface area contributed by atoms with Crippen molar-refractivity contribution < 1.29 is 32.2 Å². The van der Waals surface area contributed by atoms with Crippen LogP contribution in [0.2, 0.25) is 0 Å². The van der Waals surface area contributed by atoms with E-state index < -0.39 is 21.9 Å². The first kappa shape index (κ1) is 16.4. The summed E-state index contributed by atoms with van der Waals surface area (Å²) in [6.07, 6.45) is 0. The van der Waals surface area contributed by atoms with Crippen LogP contribution in [-0.4, -0.2) is 44.5 Å². The molecular weight excluding hydrogens is 362 g/mol. The molecule has 2 heterocycles. The molecule has 0 unspecified atom stereocenters. The Morgan fingerprint density at radius 2 is 1.88 bits per heavy atom. The first-order valence-electron chi connectivity index (χ1n) is 7.71. The molecule has 0 spiro atoms. The van der Waals surface area contributed by atoms with Gasteiger partial charge in [0.15, 0.2) is 11.5 Å². The standard InChI is InChI=1S/C17H13NO7S/c19-16-12-3-1-2-4-15(12)26(21,22)18(16)7-8-23-17(20)11-5-6-13-14(9-11)25-10-24-13/h1-6,9H,7-8,10H2. The Morgan fingerprint density at radius 3 is 2.69 bits per heavy atom. The van der Waals surface area contributed by atoms with Crippen molar-refractivity contribution in [3.8, 4) is 11.5 Å². The van der Waals surface area contributed by atoms with E-state index in [0.29, 0.717) is 15.8 Å². The minimum absolute atomic E-state index is 0.0351. The van der Waals surface area contributed by atoms with Crippen molar-refractivity contribution in [3.05, 3.63) is 53.6 Å². The van der Waals surface area contributed by atoms with Crippen molar-refractivity contribution in [1.29, 1.82) is 0 Å². The van der Waals surface area contributed by atoms with Crippen LogP contribution >= 0.6 is 0 Å². The van der Waals surface area contributed by atoms with Crippen LogP contribution in [0, 0.1) is 0 Å². The number of carbonyl (C=O) groups is 2. The third-order valence-corrected chi connectivity index (χ3v) is 5.89. The van der Waals surface area contributed by atoms with Crippen LogP contribution in [0.5, 0.6) is 11.5 Å². The molecule has 0 fully saturated rings. The maximum absolute atomic E-state index is 12.4. The van der Waals surface area contributed by atoms with E-state index in [2.05, 4.69) is 0 Å². The van der Waals surface area contributed by atoms with E-state index in [4.69, 9.17) is 14.2 Å². The van der Waals surface area contributed by atoms with Gasteiger partial charge in [0, 0.05) is 0 Å². The summed E-state index contributed by atoms with van der Waals surface area (Å²) in [6.45, 7) is -0.429. The number of rotatable bonds is 4. The molecule has 2 aromatic rings. The molecule has 0 radical (unpaired) electrons. The van der Waals surface area contributed by atoms with Crippen LogP contribution in [0.25, 0.3) is 0 Å². The predicted octanol–water partition coefficient (Wildman–Crippen LogP) is 1.42. The Balaban J connectivity index is 1.42. The molecule has 8 nitrogen and oxygen atoms in total. The highest BCUT2D eigenvalue weighted by Crippen LogP contribution is 2.33. The van der Waals surface area contributed by atoms with Crippen LogP contribution in [0.4, 0.5) is 0 Å². The predicted molar refractivity (Wildman–Crippen MR) is 87.5 cm³/mol. The van der Waals surface area contributed by atoms with Crippen LogP contribution in [-0.2, 0) is 14.8 Å². The number of benzene rings is 2. The van der Waals surface area contributed by atoms with E-state index in [1.54, 1.807) is 18.2 Å². The van der Waals surface area contributed by atoms with Crippen molar-refractivity contribution >= 4 is 21.9 Å². The van der Waals surface area contributed by atoms with Crippen molar-refractivity contribution in [1.82, 2.24) is 4.31 Å². The molecule has 0 N–H and O–H groups in total. The van der Waals surface area contributed by atoms with Crippen molar-refractivity contribution in [2.75, 3.05) is 19.9 Å².